The number of rotatable bonds is 7. The average molecular weight is 382 g/mol. The van der Waals surface area contributed by atoms with E-state index >= 15 is 0 Å². The van der Waals surface area contributed by atoms with Gasteiger partial charge >= 0.3 is 0 Å². The molecule has 5 nitrogen and oxygen atoms in total. The highest BCUT2D eigenvalue weighted by molar-refractivity contribution is 6.31. The minimum absolute atomic E-state index is 0.698. The van der Waals surface area contributed by atoms with Crippen molar-refractivity contribution in [2.24, 2.45) is 4.99 Å². The van der Waals surface area contributed by atoms with Gasteiger partial charge in [0.15, 0.2) is 5.96 Å². The van der Waals surface area contributed by atoms with Crippen molar-refractivity contribution in [2.45, 2.75) is 19.5 Å². The molecule has 0 aliphatic rings. The van der Waals surface area contributed by atoms with E-state index in [1.54, 1.807) is 13.2 Å². The molecule has 2 aromatic carbocycles. The second kappa shape index (κ2) is 9.78. The number of aliphatic imine (C=N–C) groups is 1. The van der Waals surface area contributed by atoms with Crippen molar-refractivity contribution in [3.63, 3.8) is 0 Å². The van der Waals surface area contributed by atoms with Crippen molar-refractivity contribution in [2.75, 3.05) is 13.6 Å². The lowest BCUT2D eigenvalue weighted by molar-refractivity contribution is 0.677. The molecule has 0 atom stereocenters. The van der Waals surface area contributed by atoms with E-state index in [0.717, 1.165) is 36.1 Å². The molecule has 0 bridgehead atoms. The van der Waals surface area contributed by atoms with Crippen molar-refractivity contribution in [1.29, 1.82) is 0 Å². The Kier molecular flexibility index (Phi) is 6.88. The van der Waals surface area contributed by atoms with Gasteiger partial charge in [0, 0.05) is 37.6 Å². The fourth-order valence-corrected chi connectivity index (χ4v) is 3.10. The highest BCUT2D eigenvalue weighted by Crippen LogP contribution is 2.14. The highest BCUT2D eigenvalue weighted by Gasteiger charge is 2.05. The van der Waals surface area contributed by atoms with E-state index in [4.69, 9.17) is 11.6 Å². The van der Waals surface area contributed by atoms with Crippen LogP contribution in [0.1, 0.15) is 16.7 Å². The number of hydrogen-bond donors (Lipinski definition) is 2. The predicted molar refractivity (Wildman–Crippen MR) is 111 cm³/mol. The van der Waals surface area contributed by atoms with Crippen LogP contribution in [0, 0.1) is 0 Å². The van der Waals surface area contributed by atoms with Crippen LogP contribution in [0.15, 0.2) is 72.0 Å². The standard InChI is InChI=1S/C21H24ClN5/c1-23-21(24-13-11-17-7-4-5-10-20(17)22)25-15-18-8-2-3-9-19(18)16-27-14-6-12-26-27/h2-10,12,14H,11,13,15-16H2,1H3,(H2,23,24,25). The molecule has 6 heteroatoms. The van der Waals surface area contributed by atoms with Crippen LogP contribution < -0.4 is 10.6 Å². The summed E-state index contributed by atoms with van der Waals surface area (Å²) >= 11 is 6.21. The lowest BCUT2D eigenvalue weighted by atomic mass is 10.1. The molecule has 140 valence electrons. The summed E-state index contributed by atoms with van der Waals surface area (Å²) in [5.74, 6) is 0.774. The Morgan fingerprint density at radius 3 is 2.44 bits per heavy atom. The summed E-state index contributed by atoms with van der Waals surface area (Å²) in [4.78, 5) is 4.31. The Hall–Kier alpha value is -2.79. The first-order valence-electron chi connectivity index (χ1n) is 8.98. The van der Waals surface area contributed by atoms with Gasteiger partial charge in [0.2, 0.25) is 0 Å². The molecular weight excluding hydrogens is 358 g/mol. The molecule has 0 amide bonds. The summed E-state index contributed by atoms with van der Waals surface area (Å²) in [5, 5.41) is 11.8. The zero-order valence-electron chi connectivity index (χ0n) is 15.4. The summed E-state index contributed by atoms with van der Waals surface area (Å²) in [7, 11) is 1.78. The predicted octanol–water partition coefficient (Wildman–Crippen LogP) is 3.49. The minimum Gasteiger partial charge on any atom is -0.356 e. The van der Waals surface area contributed by atoms with Gasteiger partial charge < -0.3 is 10.6 Å². The van der Waals surface area contributed by atoms with Crippen LogP contribution in [0.5, 0.6) is 0 Å². The van der Waals surface area contributed by atoms with E-state index in [1.807, 2.05) is 41.2 Å². The monoisotopic (exact) mass is 381 g/mol. The van der Waals surface area contributed by atoms with Crippen LogP contribution in [0.2, 0.25) is 5.02 Å². The lowest BCUT2D eigenvalue weighted by Gasteiger charge is -2.14. The SMILES string of the molecule is CN=C(NCCc1ccccc1Cl)NCc1ccccc1Cn1cccn1. The van der Waals surface area contributed by atoms with Crippen molar-refractivity contribution < 1.29 is 0 Å². The quantitative estimate of drug-likeness (QED) is 0.486. The van der Waals surface area contributed by atoms with Crippen LogP contribution in [0.3, 0.4) is 0 Å². The molecule has 0 radical (unpaired) electrons. The molecule has 0 unspecified atom stereocenters. The summed E-state index contributed by atoms with van der Waals surface area (Å²) in [6.45, 7) is 2.21. The number of halogens is 1. The van der Waals surface area contributed by atoms with E-state index in [1.165, 1.54) is 11.1 Å². The van der Waals surface area contributed by atoms with E-state index < -0.39 is 0 Å². The van der Waals surface area contributed by atoms with Crippen LogP contribution in [0.4, 0.5) is 0 Å². The maximum atomic E-state index is 6.21. The molecule has 1 heterocycles. The van der Waals surface area contributed by atoms with Crippen LogP contribution in [0.25, 0.3) is 0 Å². The van der Waals surface area contributed by atoms with Crippen molar-refractivity contribution >= 4 is 17.6 Å². The first-order valence-corrected chi connectivity index (χ1v) is 9.36. The van der Waals surface area contributed by atoms with E-state index in [2.05, 4.69) is 45.0 Å². The van der Waals surface area contributed by atoms with E-state index in [9.17, 15) is 0 Å². The first kappa shape index (κ1) is 19.0. The molecule has 0 fully saturated rings. The Bertz CT molecular complexity index is 874. The van der Waals surface area contributed by atoms with Gasteiger partial charge in [-0.1, -0.05) is 54.1 Å². The third-order valence-electron chi connectivity index (χ3n) is 4.32. The summed E-state index contributed by atoms with van der Waals surface area (Å²) < 4.78 is 1.93. The van der Waals surface area contributed by atoms with Crippen LogP contribution in [-0.2, 0) is 19.5 Å². The van der Waals surface area contributed by atoms with Gasteiger partial charge in [0.25, 0.3) is 0 Å². The largest absolute Gasteiger partial charge is 0.356 e. The smallest absolute Gasteiger partial charge is 0.191 e. The maximum Gasteiger partial charge on any atom is 0.191 e. The molecule has 0 aliphatic heterocycles. The fraction of sp³-hybridized carbons (Fsp3) is 0.238. The number of aromatic nitrogens is 2. The second-order valence-corrected chi connectivity index (χ2v) is 6.57. The second-order valence-electron chi connectivity index (χ2n) is 6.17. The van der Waals surface area contributed by atoms with Gasteiger partial charge in [0.05, 0.1) is 6.54 Å². The number of nitrogens with one attached hydrogen (secondary N) is 2. The van der Waals surface area contributed by atoms with E-state index in [-0.39, 0.29) is 0 Å². The fourth-order valence-electron chi connectivity index (χ4n) is 2.87. The zero-order chi connectivity index (χ0) is 18.9. The molecular formula is C21H24ClN5. The summed E-state index contributed by atoms with van der Waals surface area (Å²) in [6.07, 6.45) is 4.61. The summed E-state index contributed by atoms with van der Waals surface area (Å²) in [5.41, 5.74) is 3.59. The average Bonchev–Trinajstić information content (AvgIpc) is 3.20. The van der Waals surface area contributed by atoms with Gasteiger partial charge in [-0.05, 0) is 35.2 Å². The van der Waals surface area contributed by atoms with Crippen LogP contribution >= 0.6 is 11.6 Å². The number of benzene rings is 2. The van der Waals surface area contributed by atoms with Gasteiger partial charge in [-0.25, -0.2) is 0 Å². The minimum atomic E-state index is 0.698. The zero-order valence-corrected chi connectivity index (χ0v) is 16.2. The topological polar surface area (TPSA) is 54.2 Å². The number of hydrogen-bond acceptors (Lipinski definition) is 2. The number of nitrogens with zero attached hydrogens (tertiary/aromatic N) is 3. The van der Waals surface area contributed by atoms with Crippen LogP contribution in [-0.4, -0.2) is 29.3 Å². The Labute approximate surface area is 165 Å². The molecule has 0 saturated heterocycles. The van der Waals surface area contributed by atoms with Gasteiger partial charge in [-0.3, -0.25) is 9.67 Å². The van der Waals surface area contributed by atoms with Crippen molar-refractivity contribution in [3.05, 3.63) is 88.7 Å². The molecule has 0 aliphatic carbocycles. The first-order chi connectivity index (χ1) is 13.3. The van der Waals surface area contributed by atoms with E-state index in [0.29, 0.717) is 6.54 Å². The normalized spacial score (nSPS) is 11.4. The van der Waals surface area contributed by atoms with Gasteiger partial charge in [-0.2, -0.15) is 5.10 Å². The van der Waals surface area contributed by atoms with Crippen molar-refractivity contribution in [3.8, 4) is 0 Å². The Balaban J connectivity index is 1.53. The van der Waals surface area contributed by atoms with Crippen molar-refractivity contribution in [1.82, 2.24) is 20.4 Å². The lowest BCUT2D eigenvalue weighted by Crippen LogP contribution is -2.38. The molecule has 3 aromatic rings. The number of guanidine groups is 1. The molecule has 2 N–H and O–H groups in total. The Morgan fingerprint density at radius 1 is 1.00 bits per heavy atom. The maximum absolute atomic E-state index is 6.21. The van der Waals surface area contributed by atoms with Gasteiger partial charge in [0.1, 0.15) is 0 Å². The third kappa shape index (κ3) is 5.59. The third-order valence-corrected chi connectivity index (χ3v) is 4.69. The highest BCUT2D eigenvalue weighted by atomic mass is 35.5. The molecule has 1 aromatic heterocycles. The summed E-state index contributed by atoms with van der Waals surface area (Å²) in [6, 6.07) is 18.2. The molecule has 27 heavy (non-hydrogen) atoms. The molecule has 3 rings (SSSR count). The Morgan fingerprint density at radius 2 is 1.74 bits per heavy atom. The molecule has 0 spiro atoms. The molecule has 0 saturated carbocycles. The van der Waals surface area contributed by atoms with Gasteiger partial charge in [-0.15, -0.1) is 0 Å².